The standard InChI is InChI=1S/C14H28/c1-7-12(4)8-9-13(5)10-14(6)11(2)3/h11-13H,6-10H2,1-5H3. The van der Waals surface area contributed by atoms with Crippen LogP contribution in [0, 0.1) is 17.8 Å². The molecule has 0 aromatic carbocycles. The summed E-state index contributed by atoms with van der Waals surface area (Å²) in [6, 6.07) is 0. The topological polar surface area (TPSA) is 0 Å². The molecule has 0 aromatic rings. The van der Waals surface area contributed by atoms with Gasteiger partial charge in [-0.1, -0.05) is 66.0 Å². The fraction of sp³-hybridized carbons (Fsp3) is 0.857. The van der Waals surface area contributed by atoms with Gasteiger partial charge in [-0.05, 0) is 24.2 Å². The lowest BCUT2D eigenvalue weighted by Gasteiger charge is -2.17. The molecule has 0 aliphatic carbocycles. The first-order valence-corrected chi connectivity index (χ1v) is 6.15. The molecule has 0 aliphatic rings. The molecule has 0 aromatic heterocycles. The van der Waals surface area contributed by atoms with Crippen LogP contribution in [0.25, 0.3) is 0 Å². The van der Waals surface area contributed by atoms with E-state index in [1.54, 1.807) is 0 Å². The third kappa shape index (κ3) is 6.23. The highest BCUT2D eigenvalue weighted by Crippen LogP contribution is 2.23. The fourth-order valence-corrected chi connectivity index (χ4v) is 1.56. The van der Waals surface area contributed by atoms with Crippen molar-refractivity contribution in [2.75, 3.05) is 0 Å². The van der Waals surface area contributed by atoms with Crippen LogP contribution >= 0.6 is 0 Å². The van der Waals surface area contributed by atoms with Gasteiger partial charge in [0.05, 0.1) is 0 Å². The van der Waals surface area contributed by atoms with Crippen molar-refractivity contribution in [2.24, 2.45) is 17.8 Å². The Hall–Kier alpha value is -0.260. The van der Waals surface area contributed by atoms with Gasteiger partial charge in [0.1, 0.15) is 0 Å². The van der Waals surface area contributed by atoms with E-state index in [1.165, 1.54) is 31.3 Å². The molecule has 2 atom stereocenters. The highest BCUT2D eigenvalue weighted by Gasteiger charge is 2.08. The van der Waals surface area contributed by atoms with Crippen LogP contribution in [0.2, 0.25) is 0 Å². The van der Waals surface area contributed by atoms with Crippen LogP contribution in [-0.2, 0) is 0 Å². The zero-order valence-corrected chi connectivity index (χ0v) is 10.8. The molecular weight excluding hydrogens is 168 g/mol. The first kappa shape index (κ1) is 13.7. The Morgan fingerprint density at radius 3 is 1.93 bits per heavy atom. The largest absolute Gasteiger partial charge is 0.0996 e. The molecule has 0 rings (SSSR count). The van der Waals surface area contributed by atoms with Gasteiger partial charge in [0.25, 0.3) is 0 Å². The Morgan fingerprint density at radius 1 is 1.00 bits per heavy atom. The summed E-state index contributed by atoms with van der Waals surface area (Å²) in [6.07, 6.45) is 5.27. The minimum atomic E-state index is 0.654. The van der Waals surface area contributed by atoms with E-state index >= 15 is 0 Å². The summed E-state index contributed by atoms with van der Waals surface area (Å²) >= 11 is 0. The Balaban J connectivity index is 3.65. The third-order valence-corrected chi connectivity index (χ3v) is 3.28. The van der Waals surface area contributed by atoms with E-state index < -0.39 is 0 Å². The molecule has 0 heterocycles. The molecule has 0 N–H and O–H groups in total. The van der Waals surface area contributed by atoms with E-state index in [0.717, 1.165) is 11.8 Å². The van der Waals surface area contributed by atoms with Gasteiger partial charge in [-0.3, -0.25) is 0 Å². The normalized spacial score (nSPS) is 15.6. The zero-order valence-electron chi connectivity index (χ0n) is 10.8. The Bertz CT molecular complexity index is 155. The molecule has 0 radical (unpaired) electrons. The molecule has 0 amide bonds. The highest BCUT2D eigenvalue weighted by atomic mass is 14.1. The van der Waals surface area contributed by atoms with Crippen LogP contribution in [0.15, 0.2) is 12.2 Å². The molecule has 14 heavy (non-hydrogen) atoms. The molecule has 0 nitrogen and oxygen atoms in total. The SMILES string of the molecule is C=C(CC(C)CCC(C)CC)C(C)C. The van der Waals surface area contributed by atoms with E-state index in [1.807, 2.05) is 0 Å². The summed E-state index contributed by atoms with van der Waals surface area (Å²) < 4.78 is 0. The lowest BCUT2D eigenvalue weighted by Crippen LogP contribution is -2.03. The second kappa shape index (κ2) is 7.09. The third-order valence-electron chi connectivity index (χ3n) is 3.28. The van der Waals surface area contributed by atoms with Crippen molar-refractivity contribution in [2.45, 2.75) is 60.3 Å². The van der Waals surface area contributed by atoms with Crippen molar-refractivity contribution >= 4 is 0 Å². The Labute approximate surface area is 90.8 Å². The van der Waals surface area contributed by atoms with Gasteiger partial charge in [-0.25, -0.2) is 0 Å². The van der Waals surface area contributed by atoms with E-state index in [-0.39, 0.29) is 0 Å². The van der Waals surface area contributed by atoms with Gasteiger partial charge < -0.3 is 0 Å². The van der Waals surface area contributed by atoms with Gasteiger partial charge >= 0.3 is 0 Å². The van der Waals surface area contributed by atoms with Crippen molar-refractivity contribution in [1.29, 1.82) is 0 Å². The highest BCUT2D eigenvalue weighted by molar-refractivity contribution is 4.98. The van der Waals surface area contributed by atoms with Crippen molar-refractivity contribution in [3.05, 3.63) is 12.2 Å². The van der Waals surface area contributed by atoms with E-state index in [9.17, 15) is 0 Å². The molecule has 0 heteroatoms. The zero-order chi connectivity index (χ0) is 11.1. The number of rotatable bonds is 7. The van der Waals surface area contributed by atoms with Crippen molar-refractivity contribution in [3.8, 4) is 0 Å². The second-order valence-electron chi connectivity index (χ2n) is 5.21. The maximum Gasteiger partial charge on any atom is -0.0263 e. The monoisotopic (exact) mass is 196 g/mol. The summed E-state index contributed by atoms with van der Waals surface area (Å²) in [4.78, 5) is 0. The van der Waals surface area contributed by atoms with Crippen LogP contribution < -0.4 is 0 Å². The predicted octanol–water partition coefficient (Wildman–Crippen LogP) is 5.05. The second-order valence-corrected chi connectivity index (χ2v) is 5.21. The van der Waals surface area contributed by atoms with Crippen molar-refractivity contribution in [1.82, 2.24) is 0 Å². The summed E-state index contributed by atoms with van der Waals surface area (Å²) in [5.74, 6) is 2.37. The number of allylic oxidation sites excluding steroid dienone is 1. The van der Waals surface area contributed by atoms with Crippen molar-refractivity contribution < 1.29 is 0 Å². The summed E-state index contributed by atoms with van der Waals surface area (Å²) in [6.45, 7) is 15.6. The smallest absolute Gasteiger partial charge is 0.0263 e. The summed E-state index contributed by atoms with van der Waals surface area (Å²) in [7, 11) is 0. The first-order valence-electron chi connectivity index (χ1n) is 6.15. The number of hydrogen-bond donors (Lipinski definition) is 0. The van der Waals surface area contributed by atoms with Crippen molar-refractivity contribution in [3.63, 3.8) is 0 Å². The van der Waals surface area contributed by atoms with Gasteiger partial charge in [0.15, 0.2) is 0 Å². The lowest BCUT2D eigenvalue weighted by molar-refractivity contribution is 0.414. The minimum Gasteiger partial charge on any atom is -0.0996 e. The van der Waals surface area contributed by atoms with E-state index in [2.05, 4.69) is 41.2 Å². The Morgan fingerprint density at radius 2 is 1.50 bits per heavy atom. The van der Waals surface area contributed by atoms with Gasteiger partial charge in [-0.15, -0.1) is 0 Å². The van der Waals surface area contributed by atoms with Crippen LogP contribution in [0.1, 0.15) is 60.3 Å². The van der Waals surface area contributed by atoms with Gasteiger partial charge in [0, 0.05) is 0 Å². The average Bonchev–Trinajstić information content (AvgIpc) is 2.13. The van der Waals surface area contributed by atoms with E-state index in [4.69, 9.17) is 0 Å². The van der Waals surface area contributed by atoms with E-state index in [0.29, 0.717) is 5.92 Å². The first-order chi connectivity index (χ1) is 6.47. The van der Waals surface area contributed by atoms with Crippen LogP contribution in [-0.4, -0.2) is 0 Å². The Kier molecular flexibility index (Phi) is 6.96. The molecule has 0 saturated heterocycles. The van der Waals surface area contributed by atoms with Crippen LogP contribution in [0.5, 0.6) is 0 Å². The minimum absolute atomic E-state index is 0.654. The fourth-order valence-electron chi connectivity index (χ4n) is 1.56. The van der Waals surface area contributed by atoms with Crippen LogP contribution in [0.3, 0.4) is 0 Å². The molecule has 2 unspecified atom stereocenters. The van der Waals surface area contributed by atoms with Gasteiger partial charge in [0.2, 0.25) is 0 Å². The molecule has 0 spiro atoms. The molecule has 0 saturated carbocycles. The maximum absolute atomic E-state index is 4.14. The average molecular weight is 196 g/mol. The van der Waals surface area contributed by atoms with Gasteiger partial charge in [-0.2, -0.15) is 0 Å². The molecule has 0 bridgehead atoms. The molecule has 0 aliphatic heterocycles. The summed E-state index contributed by atoms with van der Waals surface area (Å²) in [5, 5.41) is 0. The molecular formula is C14H28. The lowest BCUT2D eigenvalue weighted by atomic mass is 9.89. The number of hydrogen-bond acceptors (Lipinski definition) is 0. The predicted molar refractivity (Wildman–Crippen MR) is 66.4 cm³/mol. The molecule has 84 valence electrons. The van der Waals surface area contributed by atoms with Crippen LogP contribution in [0.4, 0.5) is 0 Å². The quantitative estimate of drug-likeness (QED) is 0.500. The maximum atomic E-state index is 4.14. The summed E-state index contributed by atoms with van der Waals surface area (Å²) in [5.41, 5.74) is 1.42. The molecule has 0 fully saturated rings.